The molecule has 2 aromatic rings. The van der Waals surface area contributed by atoms with E-state index in [2.05, 4.69) is 21.9 Å². The Hall–Kier alpha value is -2.11. The van der Waals surface area contributed by atoms with Crippen LogP contribution in [0.5, 0.6) is 0 Å². The Kier molecular flexibility index (Phi) is 3.45. The van der Waals surface area contributed by atoms with Crippen LogP contribution in [0.15, 0.2) is 18.3 Å². The molecule has 0 bridgehead atoms. The van der Waals surface area contributed by atoms with E-state index in [1.165, 1.54) is 0 Å². The van der Waals surface area contributed by atoms with E-state index in [1.807, 2.05) is 19.2 Å². The first-order valence-corrected chi connectivity index (χ1v) is 5.88. The zero-order chi connectivity index (χ0) is 13.1. The molecule has 0 atom stereocenters. The van der Waals surface area contributed by atoms with Gasteiger partial charge in [-0.2, -0.15) is 0 Å². The zero-order valence-electron chi connectivity index (χ0n) is 10.5. The quantitative estimate of drug-likeness (QED) is 0.861. The van der Waals surface area contributed by atoms with E-state index in [0.717, 1.165) is 18.8 Å². The number of carboxylic acid groups (broad SMARTS) is 1. The molecule has 2 heterocycles. The molecule has 1 N–H and O–H groups in total. The highest BCUT2D eigenvalue weighted by atomic mass is 16.4. The highest BCUT2D eigenvalue weighted by molar-refractivity contribution is 5.69. The van der Waals surface area contributed by atoms with E-state index in [1.54, 1.807) is 10.7 Å². The number of aromatic nitrogens is 3. The van der Waals surface area contributed by atoms with Gasteiger partial charge in [0.25, 0.3) is 0 Å². The number of carboxylic acids is 1. The van der Waals surface area contributed by atoms with Crippen molar-refractivity contribution >= 4 is 17.4 Å². The summed E-state index contributed by atoms with van der Waals surface area (Å²) in [5, 5.41) is 13.1. The molecule has 6 nitrogen and oxygen atoms in total. The van der Waals surface area contributed by atoms with Gasteiger partial charge in [0.1, 0.15) is 5.82 Å². The van der Waals surface area contributed by atoms with Crippen LogP contribution in [0.25, 0.3) is 5.65 Å². The number of rotatable bonds is 5. The molecule has 2 aromatic heterocycles. The Morgan fingerprint density at radius 1 is 1.50 bits per heavy atom. The molecule has 18 heavy (non-hydrogen) atoms. The molecule has 0 fully saturated rings. The number of aliphatic carboxylic acids is 1. The summed E-state index contributed by atoms with van der Waals surface area (Å²) in [4.78, 5) is 16.9. The van der Waals surface area contributed by atoms with Gasteiger partial charge in [0.2, 0.25) is 0 Å². The van der Waals surface area contributed by atoms with Crippen LogP contribution in [-0.2, 0) is 11.2 Å². The van der Waals surface area contributed by atoms with Gasteiger partial charge in [-0.3, -0.25) is 4.79 Å². The Balaban J connectivity index is 2.30. The van der Waals surface area contributed by atoms with Crippen LogP contribution in [0.4, 0.5) is 5.82 Å². The van der Waals surface area contributed by atoms with Gasteiger partial charge in [-0.25, -0.2) is 9.50 Å². The van der Waals surface area contributed by atoms with Gasteiger partial charge in [-0.05, 0) is 18.6 Å². The average Bonchev–Trinajstić information content (AvgIpc) is 2.69. The minimum Gasteiger partial charge on any atom is -0.481 e. The van der Waals surface area contributed by atoms with Gasteiger partial charge < -0.3 is 10.0 Å². The molecular formula is C12H16N4O2. The Bertz CT molecular complexity index is 564. The second-order valence-corrected chi connectivity index (χ2v) is 4.22. The summed E-state index contributed by atoms with van der Waals surface area (Å²) in [6.45, 7) is 3.03. The first-order chi connectivity index (χ1) is 8.60. The zero-order valence-corrected chi connectivity index (χ0v) is 10.5. The number of hydrogen-bond donors (Lipinski definition) is 1. The summed E-state index contributed by atoms with van der Waals surface area (Å²) < 4.78 is 1.62. The van der Waals surface area contributed by atoms with E-state index in [-0.39, 0.29) is 6.42 Å². The van der Waals surface area contributed by atoms with Crippen molar-refractivity contribution in [2.75, 3.05) is 18.5 Å². The Morgan fingerprint density at radius 2 is 2.28 bits per heavy atom. The van der Waals surface area contributed by atoms with Crippen LogP contribution in [0.3, 0.4) is 0 Å². The number of imidazole rings is 1. The van der Waals surface area contributed by atoms with Gasteiger partial charge in [-0.15, -0.1) is 5.10 Å². The number of carbonyl (C=O) groups is 1. The minimum atomic E-state index is -0.887. The van der Waals surface area contributed by atoms with Crippen LogP contribution in [0.1, 0.15) is 19.0 Å². The summed E-state index contributed by atoms with van der Waals surface area (Å²) in [5.74, 6) is -0.0367. The van der Waals surface area contributed by atoms with E-state index >= 15 is 0 Å². The summed E-state index contributed by atoms with van der Waals surface area (Å²) in [7, 11) is 1.98. The maximum absolute atomic E-state index is 10.6. The first-order valence-electron chi connectivity index (χ1n) is 5.88. The molecule has 0 aliphatic carbocycles. The normalized spacial score (nSPS) is 10.8. The predicted molar refractivity (Wildman–Crippen MR) is 67.9 cm³/mol. The highest BCUT2D eigenvalue weighted by Crippen LogP contribution is 2.11. The first kappa shape index (κ1) is 12.3. The third kappa shape index (κ3) is 2.58. The lowest BCUT2D eigenvalue weighted by molar-refractivity contribution is -0.136. The fourth-order valence-corrected chi connectivity index (χ4v) is 1.81. The molecule has 0 aliphatic rings. The van der Waals surface area contributed by atoms with Crippen LogP contribution in [0.2, 0.25) is 0 Å². The van der Waals surface area contributed by atoms with Crippen molar-refractivity contribution in [1.29, 1.82) is 0 Å². The Morgan fingerprint density at radius 3 is 2.94 bits per heavy atom. The monoisotopic (exact) mass is 248 g/mol. The van der Waals surface area contributed by atoms with Crippen molar-refractivity contribution in [1.82, 2.24) is 14.6 Å². The van der Waals surface area contributed by atoms with E-state index in [9.17, 15) is 4.79 Å². The van der Waals surface area contributed by atoms with Crippen molar-refractivity contribution in [3.8, 4) is 0 Å². The molecule has 0 radical (unpaired) electrons. The second-order valence-electron chi connectivity index (χ2n) is 4.22. The molecule has 96 valence electrons. The smallest absolute Gasteiger partial charge is 0.309 e. The molecule has 0 aliphatic heterocycles. The molecule has 0 unspecified atom stereocenters. The Labute approximate surface area is 105 Å². The van der Waals surface area contributed by atoms with Crippen molar-refractivity contribution in [3.63, 3.8) is 0 Å². The molecule has 0 saturated carbocycles. The van der Waals surface area contributed by atoms with Gasteiger partial charge >= 0.3 is 5.97 Å². The van der Waals surface area contributed by atoms with E-state index in [4.69, 9.17) is 5.11 Å². The van der Waals surface area contributed by atoms with Crippen LogP contribution >= 0.6 is 0 Å². The van der Waals surface area contributed by atoms with Crippen LogP contribution in [-0.4, -0.2) is 39.3 Å². The average molecular weight is 248 g/mol. The van der Waals surface area contributed by atoms with Gasteiger partial charge in [0, 0.05) is 13.6 Å². The molecule has 0 spiro atoms. The summed E-state index contributed by atoms with van der Waals surface area (Å²) in [6.07, 6.45) is 2.63. The largest absolute Gasteiger partial charge is 0.481 e. The molecule has 0 amide bonds. The maximum Gasteiger partial charge on any atom is 0.309 e. The molecule has 0 aromatic carbocycles. The van der Waals surface area contributed by atoms with Crippen LogP contribution in [0, 0.1) is 0 Å². The lowest BCUT2D eigenvalue weighted by Crippen LogP contribution is -2.19. The third-order valence-electron chi connectivity index (χ3n) is 2.64. The topological polar surface area (TPSA) is 70.7 Å². The number of fused-ring (bicyclic) bond motifs is 1. The van der Waals surface area contributed by atoms with Gasteiger partial charge in [-0.1, -0.05) is 6.92 Å². The molecule has 0 saturated heterocycles. The number of anilines is 1. The molecule has 6 heteroatoms. The summed E-state index contributed by atoms with van der Waals surface area (Å²) >= 11 is 0. The number of nitrogens with zero attached hydrogens (tertiary/aromatic N) is 4. The molecule has 2 rings (SSSR count). The minimum absolute atomic E-state index is 0.0799. The van der Waals surface area contributed by atoms with E-state index in [0.29, 0.717) is 11.3 Å². The van der Waals surface area contributed by atoms with Crippen LogP contribution < -0.4 is 4.90 Å². The fourth-order valence-electron chi connectivity index (χ4n) is 1.81. The lowest BCUT2D eigenvalue weighted by Gasteiger charge is -2.16. The second kappa shape index (κ2) is 5.03. The lowest BCUT2D eigenvalue weighted by atomic mass is 10.3. The van der Waals surface area contributed by atoms with E-state index < -0.39 is 5.97 Å². The number of hydrogen-bond acceptors (Lipinski definition) is 4. The fraction of sp³-hybridized carbons (Fsp3) is 0.417. The predicted octanol–water partition coefficient (Wildman–Crippen LogP) is 1.20. The van der Waals surface area contributed by atoms with Crippen molar-refractivity contribution < 1.29 is 9.90 Å². The van der Waals surface area contributed by atoms with Crippen molar-refractivity contribution in [3.05, 3.63) is 24.0 Å². The van der Waals surface area contributed by atoms with Crippen molar-refractivity contribution in [2.24, 2.45) is 0 Å². The maximum atomic E-state index is 10.6. The van der Waals surface area contributed by atoms with Gasteiger partial charge in [0.15, 0.2) is 5.65 Å². The highest BCUT2D eigenvalue weighted by Gasteiger charge is 2.08. The van der Waals surface area contributed by atoms with Gasteiger partial charge in [0.05, 0.1) is 18.3 Å². The standard InChI is InChI=1S/C12H16N4O2/c1-3-6-15(2)11-5-4-10-13-9(7-12(17)18)8-16(10)14-11/h4-5,8H,3,6-7H2,1-2H3,(H,17,18). The molecular weight excluding hydrogens is 232 g/mol. The third-order valence-corrected chi connectivity index (χ3v) is 2.64. The summed E-state index contributed by atoms with van der Waals surface area (Å²) in [6, 6.07) is 3.74. The van der Waals surface area contributed by atoms with Crippen molar-refractivity contribution in [2.45, 2.75) is 19.8 Å². The summed E-state index contributed by atoms with van der Waals surface area (Å²) in [5.41, 5.74) is 1.19. The SMILES string of the molecule is CCCN(C)c1ccc2nc(CC(=O)O)cn2n1.